The molecule has 1 heterocycles. The number of rotatable bonds is 3. The molecule has 27 heavy (non-hydrogen) atoms. The minimum atomic E-state index is -4.25. The van der Waals surface area contributed by atoms with Crippen LogP contribution in [-0.4, -0.2) is 42.4 Å². The van der Waals surface area contributed by atoms with Crippen LogP contribution >= 0.6 is 0 Å². The Labute approximate surface area is 161 Å². The van der Waals surface area contributed by atoms with Gasteiger partial charge in [-0.1, -0.05) is 41.5 Å². The molecule has 0 radical (unpaired) electrons. The number of phenolic OH excluding ortho intramolecular Hbond substituents is 1. The standard InChI is InChI=1S/C21H33F3N2O/c1-19(2,3)15-11-14(12-16(18(15)27)20(4,5)6)17(13-21(22,23)24)26-9-7-25-8-10-26/h11-12,17,25,27H,7-10,13H2,1-6H3/t17-/m0/s1. The fraction of sp³-hybridized carbons (Fsp3) is 0.714. The summed E-state index contributed by atoms with van der Waals surface area (Å²) in [5, 5.41) is 14.1. The van der Waals surface area contributed by atoms with E-state index in [-0.39, 0.29) is 16.6 Å². The minimum absolute atomic E-state index is 0.199. The van der Waals surface area contributed by atoms with E-state index in [0.29, 0.717) is 42.9 Å². The van der Waals surface area contributed by atoms with Crippen LogP contribution in [0.3, 0.4) is 0 Å². The van der Waals surface area contributed by atoms with Gasteiger partial charge in [0.2, 0.25) is 0 Å². The second-order valence-electron chi connectivity index (χ2n) is 9.59. The third-order valence-electron chi connectivity index (χ3n) is 5.15. The van der Waals surface area contributed by atoms with Gasteiger partial charge in [0.25, 0.3) is 0 Å². The highest BCUT2D eigenvalue weighted by atomic mass is 19.4. The van der Waals surface area contributed by atoms with Gasteiger partial charge in [-0.05, 0) is 39.7 Å². The highest BCUT2D eigenvalue weighted by Crippen LogP contribution is 2.43. The highest BCUT2D eigenvalue weighted by molar-refractivity contribution is 5.50. The highest BCUT2D eigenvalue weighted by Gasteiger charge is 2.37. The van der Waals surface area contributed by atoms with Crippen molar-refractivity contribution in [2.45, 2.75) is 71.0 Å². The predicted octanol–water partition coefficient (Wildman–Crippen LogP) is 4.89. The van der Waals surface area contributed by atoms with Gasteiger partial charge >= 0.3 is 6.18 Å². The van der Waals surface area contributed by atoms with Gasteiger partial charge in [0, 0.05) is 32.2 Å². The van der Waals surface area contributed by atoms with Crippen molar-refractivity contribution >= 4 is 0 Å². The smallest absolute Gasteiger partial charge is 0.390 e. The fourth-order valence-corrected chi connectivity index (χ4v) is 3.66. The van der Waals surface area contributed by atoms with Crippen molar-refractivity contribution in [3.63, 3.8) is 0 Å². The lowest BCUT2D eigenvalue weighted by Crippen LogP contribution is -2.46. The summed E-state index contributed by atoms with van der Waals surface area (Å²) < 4.78 is 40.2. The Kier molecular flexibility index (Phi) is 6.22. The van der Waals surface area contributed by atoms with Crippen LogP contribution in [0.15, 0.2) is 12.1 Å². The average Bonchev–Trinajstić information content (AvgIpc) is 2.51. The van der Waals surface area contributed by atoms with Gasteiger partial charge in [0.1, 0.15) is 5.75 Å². The quantitative estimate of drug-likeness (QED) is 0.777. The Morgan fingerprint density at radius 2 is 1.41 bits per heavy atom. The second-order valence-corrected chi connectivity index (χ2v) is 9.59. The van der Waals surface area contributed by atoms with Crippen LogP contribution < -0.4 is 5.32 Å². The largest absolute Gasteiger partial charge is 0.507 e. The van der Waals surface area contributed by atoms with Crippen LogP contribution in [0.5, 0.6) is 5.75 Å². The van der Waals surface area contributed by atoms with Gasteiger partial charge in [0.05, 0.1) is 6.42 Å². The van der Waals surface area contributed by atoms with E-state index in [0.717, 1.165) is 0 Å². The molecule has 0 aromatic heterocycles. The summed E-state index contributed by atoms with van der Waals surface area (Å²) in [5.74, 6) is 0.199. The SMILES string of the molecule is CC(C)(C)c1cc([C@H](CC(F)(F)F)N2CCNCC2)cc(C(C)(C)C)c1O. The number of nitrogens with one attached hydrogen (secondary N) is 1. The number of phenols is 1. The van der Waals surface area contributed by atoms with E-state index in [1.807, 2.05) is 46.4 Å². The Morgan fingerprint density at radius 3 is 1.78 bits per heavy atom. The lowest BCUT2D eigenvalue weighted by atomic mass is 9.77. The van der Waals surface area contributed by atoms with Gasteiger partial charge in [-0.25, -0.2) is 0 Å². The molecule has 1 aromatic rings. The first-order chi connectivity index (χ1) is 12.2. The van der Waals surface area contributed by atoms with Crippen LogP contribution in [0.25, 0.3) is 0 Å². The van der Waals surface area contributed by atoms with Crippen molar-refractivity contribution in [2.24, 2.45) is 0 Å². The number of piperazine rings is 1. The first-order valence-corrected chi connectivity index (χ1v) is 9.59. The number of alkyl halides is 3. The van der Waals surface area contributed by atoms with E-state index in [4.69, 9.17) is 0 Å². The van der Waals surface area contributed by atoms with Gasteiger partial charge in [-0.15, -0.1) is 0 Å². The van der Waals surface area contributed by atoms with E-state index in [2.05, 4.69) is 5.32 Å². The molecular formula is C21H33F3N2O. The molecule has 1 aromatic carbocycles. The molecule has 0 spiro atoms. The van der Waals surface area contributed by atoms with E-state index in [1.54, 1.807) is 12.1 Å². The monoisotopic (exact) mass is 386 g/mol. The second kappa shape index (κ2) is 7.63. The zero-order valence-electron chi connectivity index (χ0n) is 17.3. The predicted molar refractivity (Wildman–Crippen MR) is 103 cm³/mol. The first-order valence-electron chi connectivity index (χ1n) is 9.59. The Bertz CT molecular complexity index is 616. The molecule has 1 aliphatic heterocycles. The van der Waals surface area contributed by atoms with E-state index >= 15 is 0 Å². The minimum Gasteiger partial charge on any atom is -0.507 e. The Morgan fingerprint density at radius 1 is 0.963 bits per heavy atom. The molecule has 1 saturated heterocycles. The molecule has 3 nitrogen and oxygen atoms in total. The van der Waals surface area contributed by atoms with Crippen molar-refractivity contribution in [3.8, 4) is 5.75 Å². The normalized spacial score (nSPS) is 18.6. The molecular weight excluding hydrogens is 353 g/mol. The lowest BCUT2D eigenvalue weighted by molar-refractivity contribution is -0.148. The summed E-state index contributed by atoms with van der Waals surface area (Å²) in [5.41, 5.74) is 1.31. The maximum Gasteiger partial charge on any atom is 0.390 e. The van der Waals surface area contributed by atoms with Gasteiger partial charge < -0.3 is 10.4 Å². The Balaban J connectivity index is 2.63. The summed E-state index contributed by atoms with van der Waals surface area (Å²) in [7, 11) is 0. The van der Waals surface area contributed by atoms with Crippen LogP contribution in [-0.2, 0) is 10.8 Å². The maximum atomic E-state index is 13.4. The molecule has 154 valence electrons. The first kappa shape index (κ1) is 22.0. The molecule has 0 bridgehead atoms. The van der Waals surface area contributed by atoms with Gasteiger partial charge in [-0.3, -0.25) is 4.90 Å². The molecule has 2 rings (SSSR count). The number of aromatic hydroxyl groups is 1. The fourth-order valence-electron chi connectivity index (χ4n) is 3.66. The van der Waals surface area contributed by atoms with Crippen molar-refractivity contribution in [2.75, 3.05) is 26.2 Å². The van der Waals surface area contributed by atoms with Crippen LogP contribution in [0.1, 0.15) is 70.7 Å². The number of halogens is 3. The third-order valence-corrected chi connectivity index (χ3v) is 5.15. The number of benzene rings is 1. The van der Waals surface area contributed by atoms with Gasteiger partial charge in [0.15, 0.2) is 0 Å². The molecule has 0 aliphatic carbocycles. The van der Waals surface area contributed by atoms with Crippen molar-refractivity contribution in [1.82, 2.24) is 10.2 Å². The van der Waals surface area contributed by atoms with E-state index in [9.17, 15) is 18.3 Å². The number of nitrogens with zero attached hydrogens (tertiary/aromatic N) is 1. The van der Waals surface area contributed by atoms with Crippen molar-refractivity contribution in [3.05, 3.63) is 28.8 Å². The Hall–Kier alpha value is -1.27. The maximum absolute atomic E-state index is 13.4. The van der Waals surface area contributed by atoms with Crippen LogP contribution in [0.2, 0.25) is 0 Å². The summed E-state index contributed by atoms with van der Waals surface area (Å²) in [6.45, 7) is 14.4. The molecule has 6 heteroatoms. The summed E-state index contributed by atoms with van der Waals surface area (Å²) in [4.78, 5) is 1.91. The third kappa shape index (κ3) is 5.61. The van der Waals surface area contributed by atoms with E-state index in [1.165, 1.54) is 0 Å². The van der Waals surface area contributed by atoms with Gasteiger partial charge in [-0.2, -0.15) is 13.2 Å². The summed E-state index contributed by atoms with van der Waals surface area (Å²) in [6.07, 6.45) is -5.14. The van der Waals surface area contributed by atoms with Crippen LogP contribution in [0, 0.1) is 0 Å². The molecule has 1 atom stereocenters. The summed E-state index contributed by atoms with van der Waals surface area (Å²) >= 11 is 0. The molecule has 1 aliphatic rings. The topological polar surface area (TPSA) is 35.5 Å². The molecule has 0 amide bonds. The zero-order chi connectivity index (χ0) is 20.6. The lowest BCUT2D eigenvalue weighted by Gasteiger charge is -2.37. The molecule has 1 fully saturated rings. The van der Waals surface area contributed by atoms with Crippen molar-refractivity contribution in [1.29, 1.82) is 0 Å². The number of hydrogen-bond acceptors (Lipinski definition) is 3. The molecule has 0 unspecified atom stereocenters. The molecule has 2 N–H and O–H groups in total. The molecule has 0 saturated carbocycles. The van der Waals surface area contributed by atoms with Crippen molar-refractivity contribution < 1.29 is 18.3 Å². The number of hydrogen-bond donors (Lipinski definition) is 2. The van der Waals surface area contributed by atoms with Crippen LogP contribution in [0.4, 0.5) is 13.2 Å². The average molecular weight is 387 g/mol. The van der Waals surface area contributed by atoms with E-state index < -0.39 is 18.6 Å². The summed E-state index contributed by atoms with van der Waals surface area (Å²) in [6, 6.07) is 2.82. The zero-order valence-corrected chi connectivity index (χ0v) is 17.3.